The van der Waals surface area contributed by atoms with Crippen molar-refractivity contribution in [3.05, 3.63) is 70.7 Å². The summed E-state index contributed by atoms with van der Waals surface area (Å²) in [5, 5.41) is 66.7. The zero-order valence-electron chi connectivity index (χ0n) is 82.5. The van der Waals surface area contributed by atoms with Gasteiger partial charge in [-0.05, 0) is 190 Å². The van der Waals surface area contributed by atoms with Gasteiger partial charge < -0.3 is 127 Å². The second kappa shape index (κ2) is 58.9. The van der Waals surface area contributed by atoms with Crippen molar-refractivity contribution < 1.29 is 101 Å². The van der Waals surface area contributed by atoms with E-state index in [-0.39, 0.29) is 166 Å². The highest BCUT2D eigenvalue weighted by molar-refractivity contribution is 8.76. The van der Waals surface area contributed by atoms with Crippen LogP contribution in [0.25, 0.3) is 0 Å². The molecule has 5 fully saturated rings. The highest BCUT2D eigenvalue weighted by Crippen LogP contribution is 2.31. The number of fused-ring (bicyclic) bond motifs is 1. The van der Waals surface area contributed by atoms with E-state index in [0.717, 1.165) is 21.6 Å². The van der Waals surface area contributed by atoms with Crippen LogP contribution in [0.5, 0.6) is 0 Å². The van der Waals surface area contributed by atoms with Gasteiger partial charge in [-0.3, -0.25) is 96.5 Å². The van der Waals surface area contributed by atoms with Gasteiger partial charge in [0.05, 0.1) is 6.61 Å². The Kier molecular flexibility index (Phi) is 48.8. The number of guanidine groups is 1. The maximum Gasteiger partial charge on any atom is 0.303 e. The number of halogens is 1. The number of hydrogen-bond donors (Lipinski definition) is 21. The van der Waals surface area contributed by atoms with Crippen LogP contribution in [0.4, 0.5) is 0 Å². The standard InChI is InChI=1S/C95H148ClN23O21S2/c1-9-10-12-30-64-89(136)116-43-23-35-73(116)88(135)115-95(7,8)93(140)114-69(52-120)84(131)111-67(50-57-25-13-11-14-26-57)83(130)113-70(85(132)109-65(31-16-18-41-98)90(137)119-46-24-36-74(119)91(138)117-44-21-33-71(117)86(133)104-60(77(99)124)37-38-75(122)123)53-142-141-47-39-63(80(127)110-66(48-54(2)3)81(128)106-62(32-20-42-102-94(100)101)78(125)105-61(79(126)108-64)29-15-17-40-97)107-82(129)68(51-58-27-19-28-59(96)49-58)112-87(134)72-34-22-45-118(72)92(139)76(55(4)5)103-56(6)121/h11,13-14,19,25-28,49,54-55,60-74,76,120H,9-10,12,15-18,20-24,29-48,50-53,97-98H2,1-8H3,(H2,99,124)(H,103,121)(H,104,133)(H,105,125)(H,106,128)(H,107,129)(H,108,126)(H,109,132)(H,110,127)(H,111,131)(H,112,134)(H,113,130)(H,114,140)(H,115,135)(H,122,123)(H4,100,101,102)/t60-,61-,62-,63?,64-,65?,66-,67-,68-,69-,70-,71-,72-,73-,74-,76-/m0/s1. The van der Waals surface area contributed by atoms with Gasteiger partial charge >= 0.3 is 5.97 Å². The van der Waals surface area contributed by atoms with E-state index in [1.54, 1.807) is 82.3 Å². The normalized spacial score (nSPS) is 23.7. The minimum absolute atomic E-state index is 0.00786. The lowest BCUT2D eigenvalue weighted by molar-refractivity contribution is -0.148. The van der Waals surface area contributed by atoms with E-state index in [1.807, 2.05) is 6.92 Å². The second-order valence-electron chi connectivity index (χ2n) is 38.0. The third-order valence-corrected chi connectivity index (χ3v) is 28.2. The smallest absolute Gasteiger partial charge is 0.303 e. The number of unbranched alkanes of at least 4 members (excludes halogenated alkanes) is 4. The van der Waals surface area contributed by atoms with Crippen LogP contribution in [0.3, 0.4) is 0 Å². The molecule has 25 N–H and O–H groups in total. The molecule has 2 unspecified atom stereocenters. The number of aliphatic hydroxyl groups excluding tert-OH is 1. The van der Waals surface area contributed by atoms with Crippen LogP contribution in [0, 0.1) is 17.2 Å². The largest absolute Gasteiger partial charge is 0.481 e. The molecule has 7 rings (SSSR count). The van der Waals surface area contributed by atoms with E-state index < -0.39 is 251 Å². The van der Waals surface area contributed by atoms with E-state index >= 15 is 43.2 Å². The van der Waals surface area contributed by atoms with Crippen LogP contribution in [-0.4, -0.2) is 314 Å². The predicted octanol–water partition coefficient (Wildman–Crippen LogP) is -1.25. The Morgan fingerprint density at radius 1 is 0.563 bits per heavy atom. The van der Waals surface area contributed by atoms with Crippen LogP contribution in [0.15, 0.2) is 54.6 Å². The first-order valence-electron chi connectivity index (χ1n) is 49.3. The molecule has 5 aliphatic heterocycles. The van der Waals surface area contributed by atoms with Crippen molar-refractivity contribution in [2.75, 3.05) is 63.9 Å². The predicted molar refractivity (Wildman–Crippen MR) is 531 cm³/mol. The quantitative estimate of drug-likeness (QED) is 0.0160. The number of carboxylic acids is 1. The number of primary amides is 1. The molecule has 0 saturated carbocycles. The Hall–Kier alpha value is -11.5. The van der Waals surface area contributed by atoms with E-state index in [1.165, 1.54) is 40.4 Å². The van der Waals surface area contributed by atoms with E-state index in [2.05, 4.69) is 74.4 Å². The molecule has 2 aromatic carbocycles. The van der Waals surface area contributed by atoms with Crippen molar-refractivity contribution in [3.8, 4) is 0 Å². The number of amides is 18. The van der Waals surface area contributed by atoms with Crippen LogP contribution < -0.4 is 97.4 Å². The van der Waals surface area contributed by atoms with Gasteiger partial charge in [0.1, 0.15) is 102 Å². The van der Waals surface area contributed by atoms with Crippen LogP contribution in [0.2, 0.25) is 5.02 Å². The highest BCUT2D eigenvalue weighted by Gasteiger charge is 2.48. The van der Waals surface area contributed by atoms with Crippen LogP contribution in [-0.2, 0) is 104 Å². The highest BCUT2D eigenvalue weighted by atomic mass is 35.5. The Morgan fingerprint density at radius 3 is 1.72 bits per heavy atom. The van der Waals surface area contributed by atoms with E-state index in [4.69, 9.17) is 39.9 Å². The maximum atomic E-state index is 15.8. The molecule has 5 saturated heterocycles. The van der Waals surface area contributed by atoms with Crippen LogP contribution >= 0.6 is 33.2 Å². The van der Waals surface area contributed by atoms with Crippen molar-refractivity contribution in [3.63, 3.8) is 0 Å². The summed E-state index contributed by atoms with van der Waals surface area (Å²) in [5.41, 5.74) is 22.2. The minimum Gasteiger partial charge on any atom is -0.481 e. The van der Waals surface area contributed by atoms with Gasteiger partial charge in [0.25, 0.3) is 0 Å². The summed E-state index contributed by atoms with van der Waals surface area (Å²) in [4.78, 5) is 283. The van der Waals surface area contributed by atoms with Crippen LogP contribution in [0.1, 0.15) is 221 Å². The van der Waals surface area contributed by atoms with Gasteiger partial charge in [-0.25, -0.2) is 0 Å². The molecular formula is C95H148ClN23O21S2. The fourth-order valence-corrected chi connectivity index (χ4v) is 20.2. The molecule has 2 aromatic rings. The SMILES string of the molecule is CCCCC[C@@H]1NC(=O)[C@H](CCCCN)NC(=O)[C@H](CCCNC(=N)N)NC(=O)[C@H](CC(C)C)NC(=O)C(NC(=O)[C@H](Cc2cccc(Cl)c2)NC(=O)[C@@H]2CCCN2C(=O)[C@@H](NC(C)=O)C(C)C)CCSSC[C@@H](C(=O)NC(CCCCN)C(=O)N2CCC[C@H]2C(=O)N2CCC[C@H]2C(=O)N[C@@H](CCC(=O)O)C(N)=O)NC(=O)[C@H](Cc2ccccc2)NC(=O)[C@H](CO)NC(=O)C(C)(C)NC(=O)[C@@H]2CCCN2C1=O. The Bertz CT molecular complexity index is 4700. The van der Waals surface area contributed by atoms with Crippen molar-refractivity contribution in [2.24, 2.45) is 34.8 Å². The average Bonchev–Trinajstić information content (AvgIpc) is 1.65. The molecule has 788 valence electrons. The lowest BCUT2D eigenvalue weighted by atomic mass is 10.0. The monoisotopic (exact) mass is 2050 g/mol. The molecular weight excluding hydrogens is 1900 g/mol. The number of nitrogens with two attached hydrogens (primary N) is 4. The number of carbonyl (C=O) groups excluding carboxylic acids is 18. The molecule has 44 nitrogen and oxygen atoms in total. The number of nitrogens with one attached hydrogen (secondary N) is 15. The summed E-state index contributed by atoms with van der Waals surface area (Å²) in [7, 11) is 1.93. The van der Waals surface area contributed by atoms with Crippen molar-refractivity contribution in [1.82, 2.24) is 94.0 Å². The molecule has 0 aromatic heterocycles. The lowest BCUT2D eigenvalue weighted by Gasteiger charge is -2.33. The summed E-state index contributed by atoms with van der Waals surface area (Å²) < 4.78 is 0. The van der Waals surface area contributed by atoms with Crippen molar-refractivity contribution in [1.29, 1.82) is 5.41 Å². The molecule has 16 atom stereocenters. The fraction of sp³-hybridized carbons (Fsp3) is 0.663. The molecule has 18 amide bonds. The maximum absolute atomic E-state index is 15.8. The number of likely N-dealkylation sites (tertiary alicyclic amines) is 3. The van der Waals surface area contributed by atoms with Gasteiger partial charge in [0, 0.05) is 75.4 Å². The van der Waals surface area contributed by atoms with Gasteiger partial charge in [-0.2, -0.15) is 0 Å². The molecule has 142 heavy (non-hydrogen) atoms. The number of benzene rings is 2. The molecule has 47 heteroatoms. The van der Waals surface area contributed by atoms with Gasteiger partial charge in [0.15, 0.2) is 5.96 Å². The van der Waals surface area contributed by atoms with E-state index in [9.17, 15) is 58.2 Å². The molecule has 0 bridgehead atoms. The summed E-state index contributed by atoms with van der Waals surface area (Å²) in [6.45, 7) is 12.2. The summed E-state index contributed by atoms with van der Waals surface area (Å²) in [5.74, 6) is -18.3. The lowest BCUT2D eigenvalue weighted by Crippen LogP contribution is -2.63. The molecule has 0 spiro atoms. The number of aliphatic hydroxyl groups is 1. The first-order chi connectivity index (χ1) is 67.5. The molecule has 0 radical (unpaired) electrons. The second-order valence-corrected chi connectivity index (χ2v) is 41.1. The van der Waals surface area contributed by atoms with Gasteiger partial charge in [-0.1, -0.05) is 130 Å². The first-order valence-corrected chi connectivity index (χ1v) is 52.2. The third-order valence-electron chi connectivity index (χ3n) is 25.5. The fourth-order valence-electron chi connectivity index (χ4n) is 17.8. The zero-order chi connectivity index (χ0) is 105. The molecule has 5 heterocycles. The van der Waals surface area contributed by atoms with Crippen molar-refractivity contribution in [2.45, 2.75) is 325 Å². The number of hydrogen-bond acceptors (Lipinski definition) is 25. The number of aliphatic carboxylic acids is 1. The summed E-state index contributed by atoms with van der Waals surface area (Å²) >= 11 is 6.55. The Labute approximate surface area is 841 Å². The van der Waals surface area contributed by atoms with Gasteiger partial charge in [-0.15, -0.1) is 0 Å². The molecule has 0 aliphatic carbocycles. The number of nitrogens with zero attached hydrogens (tertiary/aromatic N) is 4. The summed E-state index contributed by atoms with van der Waals surface area (Å²) in [6, 6.07) is -8.27. The Morgan fingerprint density at radius 2 is 1.11 bits per heavy atom. The number of carboxylic acid groups (broad SMARTS) is 1. The first kappa shape index (κ1) is 117. The molecule has 5 aliphatic rings. The number of rotatable bonds is 40. The summed E-state index contributed by atoms with van der Waals surface area (Å²) in [6.07, 6.45) is 2.53. The topological polar surface area (TPSA) is 674 Å². The third kappa shape index (κ3) is 36.7. The van der Waals surface area contributed by atoms with Gasteiger partial charge in [0.2, 0.25) is 106 Å². The zero-order valence-corrected chi connectivity index (χ0v) is 84.9. The van der Waals surface area contributed by atoms with E-state index in [0.29, 0.717) is 62.5 Å². The number of carbonyl (C=O) groups is 19. The average molecular weight is 2050 g/mol. The minimum atomic E-state index is -1.93. The van der Waals surface area contributed by atoms with Crippen molar-refractivity contribution >= 4 is 151 Å². The Balaban J connectivity index is 1.36.